The van der Waals surface area contributed by atoms with E-state index in [4.69, 9.17) is 5.73 Å². The van der Waals surface area contributed by atoms with Crippen molar-refractivity contribution in [3.8, 4) is 0 Å². The lowest BCUT2D eigenvalue weighted by atomic mass is 9.97. The van der Waals surface area contributed by atoms with Crippen LogP contribution in [0.1, 0.15) is 25.7 Å². The Hall–Kier alpha value is -0.0400. The fourth-order valence-corrected chi connectivity index (χ4v) is 0.974. The molecule has 41 valence electrons. The average Bonchev–Trinajstić information content (AvgIpc) is 1.69. The molecule has 1 aliphatic rings. The van der Waals surface area contributed by atoms with Gasteiger partial charge in [-0.05, 0) is 19.3 Å². The summed E-state index contributed by atoms with van der Waals surface area (Å²) in [7, 11) is 0. The molecule has 1 saturated carbocycles. The van der Waals surface area contributed by atoms with Gasteiger partial charge in [-0.1, -0.05) is 12.8 Å². The first-order valence-corrected chi connectivity index (χ1v) is 2.97. The number of rotatable bonds is 0. The van der Waals surface area contributed by atoms with E-state index in [-0.39, 0.29) is 0 Å². The van der Waals surface area contributed by atoms with Crippen molar-refractivity contribution in [2.45, 2.75) is 31.7 Å². The van der Waals surface area contributed by atoms with Gasteiger partial charge in [0, 0.05) is 6.04 Å². The Kier molecular flexibility index (Phi) is 1.69. The summed E-state index contributed by atoms with van der Waals surface area (Å²) >= 11 is 0. The largest absolute Gasteiger partial charge is 0.328 e. The van der Waals surface area contributed by atoms with Crippen molar-refractivity contribution < 1.29 is 0 Å². The number of hydrogen-bond donors (Lipinski definition) is 1. The lowest BCUT2D eigenvalue weighted by Crippen LogP contribution is -2.22. The van der Waals surface area contributed by atoms with Gasteiger partial charge < -0.3 is 5.73 Å². The van der Waals surface area contributed by atoms with Gasteiger partial charge in [-0.2, -0.15) is 0 Å². The fraction of sp³-hybridized carbons (Fsp3) is 0.833. The van der Waals surface area contributed by atoms with Crippen LogP contribution in [0.15, 0.2) is 0 Å². The summed E-state index contributed by atoms with van der Waals surface area (Å²) in [5.74, 6) is 0. The maximum absolute atomic E-state index is 5.60. The second-order valence-electron chi connectivity index (χ2n) is 2.22. The van der Waals surface area contributed by atoms with Crippen molar-refractivity contribution >= 4 is 0 Å². The molecule has 7 heavy (non-hydrogen) atoms. The van der Waals surface area contributed by atoms with E-state index in [9.17, 15) is 0 Å². The van der Waals surface area contributed by atoms with Crippen LogP contribution in [0.4, 0.5) is 0 Å². The van der Waals surface area contributed by atoms with Gasteiger partial charge in [0.05, 0.1) is 0 Å². The fourth-order valence-electron chi connectivity index (χ4n) is 0.974. The molecule has 1 fully saturated rings. The normalized spacial score (nSPS) is 25.3. The minimum atomic E-state index is 0.480. The van der Waals surface area contributed by atoms with E-state index in [0.717, 1.165) is 6.42 Å². The molecule has 1 unspecified atom stereocenters. The first-order chi connectivity index (χ1) is 3.39. The van der Waals surface area contributed by atoms with Gasteiger partial charge in [-0.25, -0.2) is 0 Å². The van der Waals surface area contributed by atoms with Gasteiger partial charge in [-0.15, -0.1) is 0 Å². The van der Waals surface area contributed by atoms with Crippen molar-refractivity contribution in [1.82, 2.24) is 0 Å². The number of hydrogen-bond acceptors (Lipinski definition) is 1. The molecule has 0 aromatic heterocycles. The Balaban J connectivity index is 2.12. The minimum absolute atomic E-state index is 0.480. The van der Waals surface area contributed by atoms with Crippen molar-refractivity contribution in [3.05, 3.63) is 6.42 Å². The van der Waals surface area contributed by atoms with Crippen LogP contribution in [-0.2, 0) is 0 Å². The highest BCUT2D eigenvalue weighted by molar-refractivity contribution is 4.78. The third-order valence-corrected chi connectivity index (χ3v) is 1.45. The third-order valence-electron chi connectivity index (χ3n) is 1.45. The highest BCUT2D eigenvalue weighted by Gasteiger charge is 2.06. The van der Waals surface area contributed by atoms with Gasteiger partial charge in [0.25, 0.3) is 0 Å². The zero-order chi connectivity index (χ0) is 5.11. The van der Waals surface area contributed by atoms with Crippen molar-refractivity contribution in [1.29, 1.82) is 0 Å². The molecule has 1 atom stereocenters. The second kappa shape index (κ2) is 2.31. The molecular weight excluding hydrogens is 86.1 g/mol. The topological polar surface area (TPSA) is 26.0 Å². The molecule has 0 bridgehead atoms. The summed E-state index contributed by atoms with van der Waals surface area (Å²) < 4.78 is 0. The summed E-state index contributed by atoms with van der Waals surface area (Å²) in [5.41, 5.74) is 5.60. The van der Waals surface area contributed by atoms with Gasteiger partial charge in [0.1, 0.15) is 0 Å². The molecule has 1 heteroatoms. The maximum Gasteiger partial charge on any atom is 0.00415 e. The molecule has 0 amide bonds. The predicted octanol–water partition coefficient (Wildman–Crippen LogP) is 1.09. The second-order valence-corrected chi connectivity index (χ2v) is 2.22. The van der Waals surface area contributed by atoms with E-state index < -0.39 is 0 Å². The van der Waals surface area contributed by atoms with Crippen LogP contribution in [0.3, 0.4) is 0 Å². The summed E-state index contributed by atoms with van der Waals surface area (Å²) in [6.07, 6.45) is 7.25. The Morgan fingerprint density at radius 3 is 2.71 bits per heavy atom. The van der Waals surface area contributed by atoms with E-state index in [1.807, 2.05) is 0 Å². The minimum Gasteiger partial charge on any atom is -0.328 e. The maximum atomic E-state index is 5.60. The van der Waals surface area contributed by atoms with Crippen LogP contribution >= 0.6 is 0 Å². The zero-order valence-electron chi connectivity index (χ0n) is 4.56. The highest BCUT2D eigenvalue weighted by atomic mass is 14.6. The van der Waals surface area contributed by atoms with Gasteiger partial charge in [0.2, 0.25) is 0 Å². The zero-order valence-corrected chi connectivity index (χ0v) is 4.56. The molecule has 0 aromatic rings. The van der Waals surface area contributed by atoms with Gasteiger partial charge in [0.15, 0.2) is 0 Å². The van der Waals surface area contributed by atoms with Gasteiger partial charge in [-0.3, -0.25) is 0 Å². The van der Waals surface area contributed by atoms with Crippen molar-refractivity contribution in [2.75, 3.05) is 0 Å². The quantitative estimate of drug-likeness (QED) is 0.482. The Morgan fingerprint density at radius 2 is 2.43 bits per heavy atom. The van der Waals surface area contributed by atoms with Crippen molar-refractivity contribution in [3.63, 3.8) is 0 Å². The SMILES string of the molecule is NC1C[CH]CCC1. The molecule has 1 aliphatic carbocycles. The summed E-state index contributed by atoms with van der Waals surface area (Å²) in [4.78, 5) is 0. The van der Waals surface area contributed by atoms with Crippen molar-refractivity contribution in [2.24, 2.45) is 5.73 Å². The van der Waals surface area contributed by atoms with Crippen LogP contribution in [0.2, 0.25) is 0 Å². The molecule has 1 radical (unpaired) electrons. The Morgan fingerprint density at radius 1 is 1.57 bits per heavy atom. The summed E-state index contributed by atoms with van der Waals surface area (Å²) in [5, 5.41) is 0. The molecular formula is C6H12N. The van der Waals surface area contributed by atoms with E-state index in [2.05, 4.69) is 6.42 Å². The molecule has 0 aliphatic heterocycles. The van der Waals surface area contributed by atoms with Crippen LogP contribution in [-0.4, -0.2) is 6.04 Å². The van der Waals surface area contributed by atoms with Crippen LogP contribution in [0, 0.1) is 6.42 Å². The molecule has 0 saturated heterocycles. The van der Waals surface area contributed by atoms with Crippen LogP contribution < -0.4 is 5.73 Å². The smallest absolute Gasteiger partial charge is 0.00415 e. The molecule has 0 spiro atoms. The van der Waals surface area contributed by atoms with E-state index in [1.54, 1.807) is 0 Å². The summed E-state index contributed by atoms with van der Waals surface area (Å²) in [6, 6.07) is 0.480. The first kappa shape index (κ1) is 5.10. The van der Waals surface area contributed by atoms with Gasteiger partial charge >= 0.3 is 0 Å². The molecule has 0 aromatic carbocycles. The first-order valence-electron chi connectivity index (χ1n) is 2.97. The predicted molar refractivity (Wildman–Crippen MR) is 30.7 cm³/mol. The summed E-state index contributed by atoms with van der Waals surface area (Å²) in [6.45, 7) is 0. The Bertz CT molecular complexity index is 46.1. The lowest BCUT2D eigenvalue weighted by Gasteiger charge is -2.15. The highest BCUT2D eigenvalue weighted by Crippen LogP contribution is 2.13. The third kappa shape index (κ3) is 1.48. The van der Waals surface area contributed by atoms with Crippen LogP contribution in [0.25, 0.3) is 0 Å². The monoisotopic (exact) mass is 98.1 g/mol. The van der Waals surface area contributed by atoms with E-state index in [1.165, 1.54) is 19.3 Å². The van der Waals surface area contributed by atoms with E-state index >= 15 is 0 Å². The number of nitrogens with two attached hydrogens (primary N) is 1. The molecule has 1 rings (SSSR count). The van der Waals surface area contributed by atoms with Crippen LogP contribution in [0.5, 0.6) is 0 Å². The Labute approximate surface area is 44.9 Å². The molecule has 0 heterocycles. The average molecular weight is 98.2 g/mol. The molecule has 2 N–H and O–H groups in total. The lowest BCUT2D eigenvalue weighted by molar-refractivity contribution is 0.512. The molecule has 1 nitrogen and oxygen atoms in total. The van der Waals surface area contributed by atoms with E-state index in [0.29, 0.717) is 6.04 Å². The standard InChI is InChI=1S/C6H12N/c7-6-4-2-1-3-5-6/h2,6H,1,3-5,7H2.